The van der Waals surface area contributed by atoms with Crippen molar-refractivity contribution in [2.24, 2.45) is 0 Å². The summed E-state index contributed by atoms with van der Waals surface area (Å²) in [7, 11) is 0. The maximum Gasteiger partial charge on any atom is 0.220 e. The molecule has 0 saturated carbocycles. The van der Waals surface area contributed by atoms with Crippen molar-refractivity contribution in [1.29, 1.82) is 0 Å². The van der Waals surface area contributed by atoms with Crippen LogP contribution in [0.2, 0.25) is 5.02 Å². The first-order valence-electron chi connectivity index (χ1n) is 7.95. The average Bonchev–Trinajstić information content (AvgIpc) is 2.90. The number of aliphatic hydroxyl groups is 1. The van der Waals surface area contributed by atoms with Crippen molar-refractivity contribution >= 4 is 17.5 Å². The highest BCUT2D eigenvalue weighted by molar-refractivity contribution is 6.31. The molecule has 2 rings (SSSR count). The van der Waals surface area contributed by atoms with Crippen molar-refractivity contribution in [2.45, 2.75) is 63.9 Å². The smallest absolute Gasteiger partial charge is 0.220 e. The number of nitrogens with one attached hydrogen (secondary N) is 1. The Hall–Kier alpha value is -1.17. The maximum absolute atomic E-state index is 13.8. The predicted octanol–water partition coefficient (Wildman–Crippen LogP) is 3.36. The third-order valence-electron chi connectivity index (χ3n) is 4.17. The van der Waals surface area contributed by atoms with Crippen LogP contribution in [0, 0.1) is 5.82 Å². The SMILES string of the molecule is C[C@@H]1CC[C@H](CCC(=O)N[C@H](C)[C@@H](O)c2c(F)cccc2Cl)O1. The second-order valence-electron chi connectivity index (χ2n) is 6.12. The quantitative estimate of drug-likeness (QED) is 0.832. The Morgan fingerprint density at radius 3 is 2.87 bits per heavy atom. The van der Waals surface area contributed by atoms with Gasteiger partial charge in [0.25, 0.3) is 0 Å². The van der Waals surface area contributed by atoms with Gasteiger partial charge < -0.3 is 15.2 Å². The molecule has 1 aliphatic heterocycles. The topological polar surface area (TPSA) is 58.6 Å². The van der Waals surface area contributed by atoms with Gasteiger partial charge in [0.15, 0.2) is 0 Å². The second-order valence-corrected chi connectivity index (χ2v) is 6.53. The number of carbonyl (C=O) groups is 1. The van der Waals surface area contributed by atoms with Gasteiger partial charge in [0.05, 0.1) is 18.2 Å². The van der Waals surface area contributed by atoms with Crippen LogP contribution < -0.4 is 5.32 Å². The van der Waals surface area contributed by atoms with Gasteiger partial charge in [0.1, 0.15) is 11.9 Å². The first-order valence-corrected chi connectivity index (χ1v) is 8.33. The van der Waals surface area contributed by atoms with Crippen molar-refractivity contribution in [3.8, 4) is 0 Å². The number of hydrogen-bond donors (Lipinski definition) is 2. The number of halogens is 2. The highest BCUT2D eigenvalue weighted by Crippen LogP contribution is 2.28. The molecule has 1 heterocycles. The van der Waals surface area contributed by atoms with E-state index in [0.717, 1.165) is 12.8 Å². The normalized spacial score (nSPS) is 23.5. The molecule has 128 valence electrons. The molecule has 1 fully saturated rings. The van der Waals surface area contributed by atoms with Crippen molar-refractivity contribution in [3.05, 3.63) is 34.6 Å². The molecule has 1 aromatic rings. The number of aliphatic hydroxyl groups excluding tert-OH is 1. The zero-order valence-electron chi connectivity index (χ0n) is 13.4. The van der Waals surface area contributed by atoms with Crippen LogP contribution in [-0.4, -0.2) is 29.3 Å². The summed E-state index contributed by atoms with van der Waals surface area (Å²) in [6.45, 7) is 3.65. The molecule has 0 unspecified atom stereocenters. The lowest BCUT2D eigenvalue weighted by Gasteiger charge is -2.22. The van der Waals surface area contributed by atoms with E-state index in [9.17, 15) is 14.3 Å². The van der Waals surface area contributed by atoms with E-state index in [-0.39, 0.29) is 28.7 Å². The standard InChI is InChI=1S/C17H23ClFNO3/c1-10-6-7-12(23-10)8-9-15(21)20-11(2)17(22)16-13(18)4-3-5-14(16)19/h3-5,10-12,17,22H,6-9H2,1-2H3,(H,20,21)/t10-,11-,12-,17-/m1/s1. The van der Waals surface area contributed by atoms with Gasteiger partial charge in [-0.2, -0.15) is 0 Å². The molecular weight excluding hydrogens is 321 g/mol. The van der Waals surface area contributed by atoms with Gasteiger partial charge in [-0.3, -0.25) is 4.79 Å². The largest absolute Gasteiger partial charge is 0.386 e. The fourth-order valence-corrected chi connectivity index (χ4v) is 3.11. The van der Waals surface area contributed by atoms with Crippen molar-refractivity contribution in [3.63, 3.8) is 0 Å². The summed E-state index contributed by atoms with van der Waals surface area (Å²) in [6, 6.07) is 3.58. The Morgan fingerprint density at radius 2 is 2.26 bits per heavy atom. The van der Waals surface area contributed by atoms with Crippen LogP contribution in [0.4, 0.5) is 4.39 Å². The lowest BCUT2D eigenvalue weighted by molar-refractivity contribution is -0.123. The van der Waals surface area contributed by atoms with Crippen LogP contribution in [0.5, 0.6) is 0 Å². The number of carbonyl (C=O) groups excluding carboxylic acids is 1. The van der Waals surface area contributed by atoms with Crippen LogP contribution >= 0.6 is 11.6 Å². The third-order valence-corrected chi connectivity index (χ3v) is 4.50. The summed E-state index contributed by atoms with van der Waals surface area (Å²) in [5, 5.41) is 13.1. The fraction of sp³-hybridized carbons (Fsp3) is 0.588. The lowest BCUT2D eigenvalue weighted by Crippen LogP contribution is -2.37. The summed E-state index contributed by atoms with van der Waals surface area (Å²) in [5.41, 5.74) is 0.00918. The molecule has 0 bridgehead atoms. The van der Waals surface area contributed by atoms with Gasteiger partial charge in [-0.15, -0.1) is 0 Å². The first kappa shape index (κ1) is 18.2. The molecule has 1 amide bonds. The molecule has 2 N–H and O–H groups in total. The molecule has 1 aromatic carbocycles. The van der Waals surface area contributed by atoms with Crippen LogP contribution in [0.25, 0.3) is 0 Å². The average molecular weight is 344 g/mol. The zero-order chi connectivity index (χ0) is 17.0. The van der Waals surface area contributed by atoms with E-state index >= 15 is 0 Å². The molecule has 1 saturated heterocycles. The molecule has 1 aliphatic rings. The van der Waals surface area contributed by atoms with Gasteiger partial charge in [0.2, 0.25) is 5.91 Å². The maximum atomic E-state index is 13.8. The van der Waals surface area contributed by atoms with Crippen LogP contribution in [-0.2, 0) is 9.53 Å². The van der Waals surface area contributed by atoms with Crippen LogP contribution in [0.15, 0.2) is 18.2 Å². The molecule has 0 aromatic heterocycles. The van der Waals surface area contributed by atoms with Gasteiger partial charge in [-0.05, 0) is 45.2 Å². The van der Waals surface area contributed by atoms with Gasteiger partial charge in [0, 0.05) is 17.0 Å². The predicted molar refractivity (Wildman–Crippen MR) is 86.8 cm³/mol. The zero-order valence-corrected chi connectivity index (χ0v) is 14.1. The monoisotopic (exact) mass is 343 g/mol. The molecule has 23 heavy (non-hydrogen) atoms. The molecule has 4 atom stereocenters. The summed E-state index contributed by atoms with van der Waals surface area (Å²) < 4.78 is 19.5. The third kappa shape index (κ3) is 4.90. The van der Waals surface area contributed by atoms with Crippen molar-refractivity contribution < 1.29 is 19.0 Å². The molecule has 0 spiro atoms. The Balaban J connectivity index is 1.85. The molecule has 4 nitrogen and oxygen atoms in total. The van der Waals surface area contributed by atoms with Gasteiger partial charge in [-0.1, -0.05) is 17.7 Å². The Morgan fingerprint density at radius 1 is 1.52 bits per heavy atom. The van der Waals surface area contributed by atoms with Crippen molar-refractivity contribution in [1.82, 2.24) is 5.32 Å². The summed E-state index contributed by atoms with van der Waals surface area (Å²) >= 11 is 5.94. The van der Waals surface area contributed by atoms with Crippen LogP contribution in [0.1, 0.15) is 51.2 Å². The van der Waals surface area contributed by atoms with E-state index in [0.29, 0.717) is 12.8 Å². The summed E-state index contributed by atoms with van der Waals surface area (Å²) in [5.74, 6) is -0.772. The second kappa shape index (κ2) is 8.08. The first-order chi connectivity index (χ1) is 10.9. The Kier molecular flexibility index (Phi) is 6.39. The fourth-order valence-electron chi connectivity index (χ4n) is 2.84. The minimum atomic E-state index is -1.20. The van der Waals surface area contributed by atoms with Crippen molar-refractivity contribution in [2.75, 3.05) is 0 Å². The molecule has 0 aliphatic carbocycles. The van der Waals surface area contributed by atoms with E-state index in [2.05, 4.69) is 5.32 Å². The number of hydrogen-bond acceptors (Lipinski definition) is 3. The van der Waals surface area contributed by atoms with Gasteiger partial charge in [-0.25, -0.2) is 4.39 Å². The Bertz CT molecular complexity index is 534. The van der Waals surface area contributed by atoms with E-state index < -0.39 is 18.0 Å². The van der Waals surface area contributed by atoms with E-state index in [1.807, 2.05) is 6.92 Å². The molecule has 0 radical (unpaired) electrons. The number of rotatable bonds is 6. The number of amides is 1. The molecular formula is C17H23ClFNO3. The van der Waals surface area contributed by atoms with E-state index in [1.165, 1.54) is 18.2 Å². The van der Waals surface area contributed by atoms with E-state index in [1.54, 1.807) is 6.92 Å². The lowest BCUT2D eigenvalue weighted by atomic mass is 10.0. The number of benzene rings is 1. The van der Waals surface area contributed by atoms with E-state index in [4.69, 9.17) is 16.3 Å². The molecule has 6 heteroatoms. The summed E-state index contributed by atoms with van der Waals surface area (Å²) in [4.78, 5) is 12.0. The Labute approximate surface area is 141 Å². The highest BCUT2D eigenvalue weighted by atomic mass is 35.5. The minimum Gasteiger partial charge on any atom is -0.386 e. The number of ether oxygens (including phenoxy) is 1. The summed E-state index contributed by atoms with van der Waals surface area (Å²) in [6.07, 6.45) is 2.14. The van der Waals surface area contributed by atoms with Crippen LogP contribution in [0.3, 0.4) is 0 Å². The minimum absolute atomic E-state index is 0.00918. The highest BCUT2D eigenvalue weighted by Gasteiger charge is 2.25. The van der Waals surface area contributed by atoms with Gasteiger partial charge >= 0.3 is 0 Å².